The van der Waals surface area contributed by atoms with Gasteiger partial charge in [0.1, 0.15) is 6.54 Å². The first-order chi connectivity index (χ1) is 14.7. The molecule has 1 amide bonds. The van der Waals surface area contributed by atoms with E-state index in [0.29, 0.717) is 10.7 Å². The van der Waals surface area contributed by atoms with Crippen LogP contribution in [0.1, 0.15) is 30.9 Å². The predicted octanol–water partition coefficient (Wildman–Crippen LogP) is 5.61. The summed E-state index contributed by atoms with van der Waals surface area (Å²) in [7, 11) is -3.96. The standard InChI is InChI=1S/C24H25ClN2O3S/c1-17(2)22-11-7-8-18(3)24(22)26-23(28)16-27(20-14-12-19(25)13-15-20)31(29,30)21-9-5-4-6-10-21/h4-15,17H,16H2,1-3H3,(H,26,28). The molecule has 5 nitrogen and oxygen atoms in total. The number of rotatable bonds is 7. The fraction of sp³-hybridized carbons (Fsp3) is 0.208. The molecule has 0 atom stereocenters. The highest BCUT2D eigenvalue weighted by Gasteiger charge is 2.27. The van der Waals surface area contributed by atoms with Crippen molar-refractivity contribution in [1.29, 1.82) is 0 Å². The monoisotopic (exact) mass is 456 g/mol. The van der Waals surface area contributed by atoms with E-state index in [0.717, 1.165) is 21.1 Å². The summed E-state index contributed by atoms with van der Waals surface area (Å²) < 4.78 is 27.8. The van der Waals surface area contributed by atoms with Crippen LogP contribution in [0.25, 0.3) is 0 Å². The van der Waals surface area contributed by atoms with Crippen molar-refractivity contribution in [2.24, 2.45) is 0 Å². The van der Waals surface area contributed by atoms with E-state index >= 15 is 0 Å². The maximum Gasteiger partial charge on any atom is 0.264 e. The van der Waals surface area contributed by atoms with Gasteiger partial charge in [0.05, 0.1) is 10.6 Å². The van der Waals surface area contributed by atoms with Crippen LogP contribution in [0.5, 0.6) is 0 Å². The SMILES string of the molecule is Cc1cccc(C(C)C)c1NC(=O)CN(c1ccc(Cl)cc1)S(=O)(=O)c1ccccc1. The highest BCUT2D eigenvalue weighted by molar-refractivity contribution is 7.92. The average Bonchev–Trinajstić information content (AvgIpc) is 2.74. The zero-order valence-corrected chi connectivity index (χ0v) is 19.2. The molecule has 0 saturated carbocycles. The smallest absolute Gasteiger partial charge is 0.264 e. The fourth-order valence-corrected chi connectivity index (χ4v) is 4.86. The molecule has 0 aliphatic heterocycles. The van der Waals surface area contributed by atoms with Crippen molar-refractivity contribution >= 4 is 38.9 Å². The van der Waals surface area contributed by atoms with Gasteiger partial charge in [0.2, 0.25) is 5.91 Å². The maximum absolute atomic E-state index is 13.4. The number of halogens is 1. The third-order valence-corrected chi connectivity index (χ3v) is 6.96. The van der Waals surface area contributed by atoms with E-state index in [4.69, 9.17) is 11.6 Å². The summed E-state index contributed by atoms with van der Waals surface area (Å²) in [4.78, 5) is 13.1. The molecule has 3 aromatic rings. The van der Waals surface area contributed by atoms with E-state index in [2.05, 4.69) is 5.32 Å². The number of hydrogen-bond acceptors (Lipinski definition) is 3. The van der Waals surface area contributed by atoms with E-state index in [1.165, 1.54) is 12.1 Å². The van der Waals surface area contributed by atoms with E-state index in [1.54, 1.807) is 42.5 Å². The highest BCUT2D eigenvalue weighted by Crippen LogP contribution is 2.29. The molecule has 0 aliphatic carbocycles. The van der Waals surface area contributed by atoms with Crippen molar-refractivity contribution in [2.45, 2.75) is 31.6 Å². The van der Waals surface area contributed by atoms with Gasteiger partial charge in [-0.1, -0.05) is 61.8 Å². The number of benzene rings is 3. The largest absolute Gasteiger partial charge is 0.324 e. The molecular formula is C24H25ClN2O3S. The lowest BCUT2D eigenvalue weighted by Crippen LogP contribution is -2.38. The van der Waals surface area contributed by atoms with Crippen LogP contribution in [-0.2, 0) is 14.8 Å². The summed E-state index contributed by atoms with van der Waals surface area (Å²) in [6.45, 7) is 5.64. The molecular weight excluding hydrogens is 432 g/mol. The third kappa shape index (κ3) is 5.27. The number of nitrogens with one attached hydrogen (secondary N) is 1. The minimum atomic E-state index is -3.96. The van der Waals surface area contributed by atoms with Crippen molar-refractivity contribution in [1.82, 2.24) is 0 Å². The molecule has 0 spiro atoms. The molecule has 0 aromatic heterocycles. The summed E-state index contributed by atoms with van der Waals surface area (Å²) in [6.07, 6.45) is 0. The maximum atomic E-state index is 13.4. The lowest BCUT2D eigenvalue weighted by atomic mass is 9.98. The average molecular weight is 457 g/mol. The van der Waals surface area contributed by atoms with Crippen molar-refractivity contribution in [3.63, 3.8) is 0 Å². The van der Waals surface area contributed by atoms with Crippen molar-refractivity contribution < 1.29 is 13.2 Å². The molecule has 0 bridgehead atoms. The van der Waals surface area contributed by atoms with Crippen LogP contribution in [0.15, 0.2) is 77.7 Å². The zero-order valence-electron chi connectivity index (χ0n) is 17.7. The Morgan fingerprint density at radius 3 is 2.23 bits per heavy atom. The second-order valence-corrected chi connectivity index (χ2v) is 9.84. The number of anilines is 2. The molecule has 0 aliphatic rings. The Morgan fingerprint density at radius 1 is 0.968 bits per heavy atom. The highest BCUT2D eigenvalue weighted by atomic mass is 35.5. The Kier molecular flexibility index (Phi) is 7.03. The third-order valence-electron chi connectivity index (χ3n) is 4.92. The molecule has 0 fully saturated rings. The predicted molar refractivity (Wildman–Crippen MR) is 126 cm³/mol. The summed E-state index contributed by atoms with van der Waals surface area (Å²) in [5.41, 5.74) is 2.99. The minimum Gasteiger partial charge on any atom is -0.324 e. The molecule has 162 valence electrons. The van der Waals surface area contributed by atoms with Gasteiger partial charge in [0.15, 0.2) is 0 Å². The lowest BCUT2D eigenvalue weighted by molar-refractivity contribution is -0.114. The van der Waals surface area contributed by atoms with E-state index in [9.17, 15) is 13.2 Å². The van der Waals surface area contributed by atoms with E-state index in [-0.39, 0.29) is 17.4 Å². The molecule has 3 rings (SSSR count). The lowest BCUT2D eigenvalue weighted by Gasteiger charge is -2.25. The Hall–Kier alpha value is -2.83. The molecule has 1 N–H and O–H groups in total. The van der Waals surface area contributed by atoms with Crippen LogP contribution >= 0.6 is 11.6 Å². The van der Waals surface area contributed by atoms with Gasteiger partial charge < -0.3 is 5.32 Å². The first-order valence-electron chi connectivity index (χ1n) is 9.93. The molecule has 31 heavy (non-hydrogen) atoms. The summed E-state index contributed by atoms with van der Waals surface area (Å²) >= 11 is 5.98. The first kappa shape index (κ1) is 22.8. The van der Waals surface area contributed by atoms with Crippen LogP contribution in [0, 0.1) is 6.92 Å². The van der Waals surface area contributed by atoms with Gasteiger partial charge in [-0.2, -0.15) is 0 Å². The van der Waals surface area contributed by atoms with Gasteiger partial charge in [0.25, 0.3) is 10.0 Å². The van der Waals surface area contributed by atoms with Crippen LogP contribution in [0.4, 0.5) is 11.4 Å². The summed E-state index contributed by atoms with van der Waals surface area (Å²) in [6, 6.07) is 20.2. The molecule has 0 unspecified atom stereocenters. The number of para-hydroxylation sites is 1. The Bertz CT molecular complexity index is 1160. The van der Waals surface area contributed by atoms with Gasteiger partial charge in [-0.05, 0) is 60.4 Å². The van der Waals surface area contributed by atoms with Crippen LogP contribution in [0.2, 0.25) is 5.02 Å². The second kappa shape index (κ2) is 9.54. The van der Waals surface area contributed by atoms with Crippen LogP contribution < -0.4 is 9.62 Å². The molecule has 0 heterocycles. The molecule has 0 radical (unpaired) electrons. The van der Waals surface area contributed by atoms with Gasteiger partial charge in [-0.15, -0.1) is 0 Å². The molecule has 7 heteroatoms. The van der Waals surface area contributed by atoms with Crippen LogP contribution in [0.3, 0.4) is 0 Å². The number of carbonyl (C=O) groups excluding carboxylic acids is 1. The van der Waals surface area contributed by atoms with Gasteiger partial charge in [-0.3, -0.25) is 9.10 Å². The number of nitrogens with zero attached hydrogens (tertiary/aromatic N) is 1. The minimum absolute atomic E-state index is 0.108. The number of aryl methyl sites for hydroxylation is 1. The van der Waals surface area contributed by atoms with Gasteiger partial charge >= 0.3 is 0 Å². The second-order valence-electron chi connectivity index (χ2n) is 7.54. The molecule has 0 saturated heterocycles. The molecule has 3 aromatic carbocycles. The van der Waals surface area contributed by atoms with Crippen molar-refractivity contribution in [3.8, 4) is 0 Å². The zero-order chi connectivity index (χ0) is 22.6. The number of sulfonamides is 1. The number of carbonyl (C=O) groups is 1. The topological polar surface area (TPSA) is 66.5 Å². The Labute approximate surface area is 188 Å². The quantitative estimate of drug-likeness (QED) is 0.502. The number of amides is 1. The number of hydrogen-bond donors (Lipinski definition) is 1. The van der Waals surface area contributed by atoms with Crippen molar-refractivity contribution in [2.75, 3.05) is 16.2 Å². The van der Waals surface area contributed by atoms with Crippen molar-refractivity contribution in [3.05, 3.63) is 88.9 Å². The first-order valence-corrected chi connectivity index (χ1v) is 11.7. The Balaban J connectivity index is 1.97. The Morgan fingerprint density at radius 2 is 1.61 bits per heavy atom. The van der Waals surface area contributed by atoms with E-state index in [1.807, 2.05) is 39.0 Å². The normalized spacial score (nSPS) is 11.4. The summed E-state index contributed by atoms with van der Waals surface area (Å²) in [5, 5.41) is 3.40. The van der Waals surface area contributed by atoms with Gasteiger partial charge in [0, 0.05) is 10.7 Å². The fourth-order valence-electron chi connectivity index (χ4n) is 3.29. The van der Waals surface area contributed by atoms with E-state index < -0.39 is 15.9 Å². The summed E-state index contributed by atoms with van der Waals surface area (Å²) in [5.74, 6) is -0.221. The van der Waals surface area contributed by atoms with Gasteiger partial charge in [-0.25, -0.2) is 8.42 Å². The van der Waals surface area contributed by atoms with Crippen LogP contribution in [-0.4, -0.2) is 20.9 Å².